The second kappa shape index (κ2) is 9.86. The Bertz CT molecular complexity index is 467. The van der Waals surface area contributed by atoms with Crippen molar-refractivity contribution in [2.45, 2.75) is 39.2 Å². The van der Waals surface area contributed by atoms with E-state index in [0.717, 1.165) is 18.4 Å². The fraction of sp³-hybridized carbons (Fsp3) is 0.389. The molecule has 1 aromatic rings. The van der Waals surface area contributed by atoms with Gasteiger partial charge in [0.1, 0.15) is 0 Å². The molecular weight excluding hydrogens is 246 g/mol. The van der Waals surface area contributed by atoms with Gasteiger partial charge in [0.15, 0.2) is 0 Å². The monoisotopic (exact) mass is 269 g/mol. The average Bonchev–Trinajstić information content (AvgIpc) is 2.47. The first kappa shape index (κ1) is 16.0. The van der Waals surface area contributed by atoms with Gasteiger partial charge in [-0.1, -0.05) is 62.1 Å². The van der Waals surface area contributed by atoms with Gasteiger partial charge in [-0.2, -0.15) is 0 Å². The zero-order chi connectivity index (χ0) is 14.6. The predicted octanol–water partition coefficient (Wildman–Crippen LogP) is 3.78. The Morgan fingerprint density at radius 1 is 1.30 bits per heavy atom. The SMILES string of the molecule is C=CCN(Cc1ccccc1)C(=O)C#CCCCCC. The van der Waals surface area contributed by atoms with Gasteiger partial charge >= 0.3 is 0 Å². The highest BCUT2D eigenvalue weighted by atomic mass is 16.2. The Kier molecular flexibility index (Phi) is 7.91. The van der Waals surface area contributed by atoms with Gasteiger partial charge in [0.05, 0.1) is 0 Å². The molecule has 0 saturated carbocycles. The average molecular weight is 269 g/mol. The van der Waals surface area contributed by atoms with E-state index >= 15 is 0 Å². The van der Waals surface area contributed by atoms with Crippen molar-refractivity contribution in [3.8, 4) is 11.8 Å². The molecular formula is C18H23NO. The Morgan fingerprint density at radius 3 is 2.70 bits per heavy atom. The van der Waals surface area contributed by atoms with Crippen molar-refractivity contribution in [3.63, 3.8) is 0 Å². The third-order valence-electron chi connectivity index (χ3n) is 2.95. The summed E-state index contributed by atoms with van der Waals surface area (Å²) in [6.07, 6.45) is 5.94. The normalized spacial score (nSPS) is 9.45. The number of carbonyl (C=O) groups excluding carboxylic acids is 1. The molecule has 1 amide bonds. The summed E-state index contributed by atoms with van der Waals surface area (Å²) in [5, 5.41) is 0. The summed E-state index contributed by atoms with van der Waals surface area (Å²) < 4.78 is 0. The van der Waals surface area contributed by atoms with Crippen molar-refractivity contribution >= 4 is 5.91 Å². The fourth-order valence-electron chi connectivity index (χ4n) is 1.86. The van der Waals surface area contributed by atoms with Gasteiger partial charge in [0.2, 0.25) is 0 Å². The molecule has 0 aliphatic carbocycles. The van der Waals surface area contributed by atoms with Gasteiger partial charge in [0, 0.05) is 19.5 Å². The Hall–Kier alpha value is -2.01. The van der Waals surface area contributed by atoms with Gasteiger partial charge in [-0.15, -0.1) is 6.58 Å². The molecule has 2 nitrogen and oxygen atoms in total. The highest BCUT2D eigenvalue weighted by molar-refractivity contribution is 5.93. The number of carbonyl (C=O) groups is 1. The molecule has 1 rings (SSSR count). The van der Waals surface area contributed by atoms with Crippen LogP contribution < -0.4 is 0 Å². The molecule has 1 aromatic carbocycles. The summed E-state index contributed by atoms with van der Waals surface area (Å²) in [5.74, 6) is 5.58. The molecule has 2 heteroatoms. The molecule has 20 heavy (non-hydrogen) atoms. The van der Waals surface area contributed by atoms with Gasteiger partial charge in [-0.05, 0) is 17.9 Å². The summed E-state index contributed by atoms with van der Waals surface area (Å²) in [4.78, 5) is 13.8. The number of rotatable bonds is 7. The van der Waals surface area contributed by atoms with Crippen molar-refractivity contribution in [3.05, 3.63) is 48.6 Å². The lowest BCUT2D eigenvalue weighted by Gasteiger charge is -2.18. The number of benzene rings is 1. The Morgan fingerprint density at radius 2 is 2.05 bits per heavy atom. The number of nitrogens with zero attached hydrogens (tertiary/aromatic N) is 1. The molecule has 106 valence electrons. The zero-order valence-corrected chi connectivity index (χ0v) is 12.3. The van der Waals surface area contributed by atoms with Crippen molar-refractivity contribution < 1.29 is 4.79 Å². The van der Waals surface area contributed by atoms with Crippen molar-refractivity contribution in [2.24, 2.45) is 0 Å². The van der Waals surface area contributed by atoms with E-state index in [2.05, 4.69) is 25.3 Å². The number of hydrogen-bond acceptors (Lipinski definition) is 1. The summed E-state index contributed by atoms with van der Waals surface area (Å²) in [7, 11) is 0. The first-order valence-corrected chi connectivity index (χ1v) is 7.20. The van der Waals surface area contributed by atoms with E-state index in [1.165, 1.54) is 12.8 Å². The molecule has 0 heterocycles. The lowest BCUT2D eigenvalue weighted by atomic mass is 10.2. The van der Waals surface area contributed by atoms with Crippen LogP contribution >= 0.6 is 0 Å². The Labute approximate surface area is 122 Å². The summed E-state index contributed by atoms with van der Waals surface area (Å²) in [6.45, 7) is 6.96. The van der Waals surface area contributed by atoms with E-state index in [0.29, 0.717) is 13.1 Å². The highest BCUT2D eigenvalue weighted by Crippen LogP contribution is 2.05. The van der Waals surface area contributed by atoms with Crippen LogP contribution in [0.1, 0.15) is 38.2 Å². The van der Waals surface area contributed by atoms with E-state index < -0.39 is 0 Å². The predicted molar refractivity (Wildman–Crippen MR) is 84.0 cm³/mol. The van der Waals surface area contributed by atoms with Crippen LogP contribution in [0.4, 0.5) is 0 Å². The second-order valence-electron chi connectivity index (χ2n) is 4.72. The van der Waals surface area contributed by atoms with Crippen molar-refractivity contribution in [1.82, 2.24) is 4.90 Å². The smallest absolute Gasteiger partial charge is 0.299 e. The summed E-state index contributed by atoms with van der Waals surface area (Å²) in [5.41, 5.74) is 1.11. The van der Waals surface area contributed by atoms with Crippen LogP contribution in [0.3, 0.4) is 0 Å². The third-order valence-corrected chi connectivity index (χ3v) is 2.95. The number of amides is 1. The number of hydrogen-bond donors (Lipinski definition) is 0. The fourth-order valence-corrected chi connectivity index (χ4v) is 1.86. The molecule has 0 fully saturated rings. The largest absolute Gasteiger partial charge is 0.324 e. The minimum atomic E-state index is -0.120. The van der Waals surface area contributed by atoms with Gasteiger partial charge in [0.25, 0.3) is 5.91 Å². The third kappa shape index (κ3) is 6.24. The van der Waals surface area contributed by atoms with Crippen LogP contribution in [-0.4, -0.2) is 17.4 Å². The topological polar surface area (TPSA) is 20.3 Å². The molecule has 0 N–H and O–H groups in total. The molecule has 0 aromatic heterocycles. The van der Waals surface area contributed by atoms with Crippen LogP contribution in [0.2, 0.25) is 0 Å². The van der Waals surface area contributed by atoms with Crippen LogP contribution in [0.15, 0.2) is 43.0 Å². The van der Waals surface area contributed by atoms with E-state index in [-0.39, 0.29) is 5.91 Å². The van der Waals surface area contributed by atoms with Crippen molar-refractivity contribution in [1.29, 1.82) is 0 Å². The minimum absolute atomic E-state index is 0.120. The van der Waals surface area contributed by atoms with E-state index in [1.54, 1.807) is 11.0 Å². The van der Waals surface area contributed by atoms with Crippen LogP contribution in [0.25, 0.3) is 0 Å². The van der Waals surface area contributed by atoms with Gasteiger partial charge < -0.3 is 4.90 Å². The van der Waals surface area contributed by atoms with E-state index in [1.807, 2.05) is 30.3 Å². The Balaban J connectivity index is 2.56. The van der Waals surface area contributed by atoms with E-state index in [9.17, 15) is 4.79 Å². The standard InChI is InChI=1S/C18H23NO/c1-3-5-6-7-11-14-18(20)19(15-4-2)16-17-12-9-8-10-13-17/h4,8-10,12-13H,2-3,5-7,15-16H2,1H3. The van der Waals surface area contributed by atoms with Crippen LogP contribution in [-0.2, 0) is 11.3 Å². The van der Waals surface area contributed by atoms with Crippen LogP contribution in [0.5, 0.6) is 0 Å². The maximum absolute atomic E-state index is 12.1. The molecule has 0 bridgehead atoms. The molecule has 0 atom stereocenters. The molecule has 0 unspecified atom stereocenters. The second-order valence-corrected chi connectivity index (χ2v) is 4.72. The van der Waals surface area contributed by atoms with Gasteiger partial charge in [-0.25, -0.2) is 0 Å². The highest BCUT2D eigenvalue weighted by Gasteiger charge is 2.09. The summed E-state index contributed by atoms with van der Waals surface area (Å²) >= 11 is 0. The maximum atomic E-state index is 12.1. The lowest BCUT2D eigenvalue weighted by Crippen LogP contribution is -2.29. The molecule has 0 saturated heterocycles. The van der Waals surface area contributed by atoms with E-state index in [4.69, 9.17) is 0 Å². The quantitative estimate of drug-likeness (QED) is 0.419. The zero-order valence-electron chi connectivity index (χ0n) is 12.3. The molecule has 0 radical (unpaired) electrons. The van der Waals surface area contributed by atoms with Crippen molar-refractivity contribution in [2.75, 3.05) is 6.54 Å². The molecule has 0 spiro atoms. The van der Waals surface area contributed by atoms with Crippen LogP contribution in [0, 0.1) is 11.8 Å². The number of unbranched alkanes of at least 4 members (excludes halogenated alkanes) is 3. The summed E-state index contributed by atoms with van der Waals surface area (Å²) in [6, 6.07) is 9.94. The molecule has 0 aliphatic heterocycles. The first-order valence-electron chi connectivity index (χ1n) is 7.20. The van der Waals surface area contributed by atoms with Gasteiger partial charge in [-0.3, -0.25) is 4.79 Å². The first-order chi connectivity index (χ1) is 9.77. The lowest BCUT2D eigenvalue weighted by molar-refractivity contribution is -0.125. The maximum Gasteiger partial charge on any atom is 0.299 e. The minimum Gasteiger partial charge on any atom is -0.324 e. The molecule has 0 aliphatic rings.